The first-order chi connectivity index (χ1) is 17.4. The first kappa shape index (κ1) is 25.7. The summed E-state index contributed by atoms with van der Waals surface area (Å²) in [5.74, 6) is 3.15. The third-order valence-corrected chi connectivity index (χ3v) is 14.0. The zero-order valence-corrected chi connectivity index (χ0v) is 24.6. The summed E-state index contributed by atoms with van der Waals surface area (Å²) in [6.07, 6.45) is 16.8. The molecule has 0 radical (unpaired) electrons. The summed E-state index contributed by atoms with van der Waals surface area (Å²) >= 11 is 0. The van der Waals surface area contributed by atoms with Gasteiger partial charge >= 0.3 is 5.97 Å². The van der Waals surface area contributed by atoms with Gasteiger partial charge in [-0.3, -0.25) is 0 Å². The van der Waals surface area contributed by atoms with E-state index in [0.29, 0.717) is 33.1 Å². The number of carbonyl (C=O) groups is 1. The van der Waals surface area contributed by atoms with Crippen LogP contribution in [0.3, 0.4) is 0 Å². The summed E-state index contributed by atoms with van der Waals surface area (Å²) in [7, 11) is 1.45. The van der Waals surface area contributed by atoms with Gasteiger partial charge in [-0.2, -0.15) is 0 Å². The molecule has 4 fully saturated rings. The average molecular weight is 503 g/mol. The van der Waals surface area contributed by atoms with Gasteiger partial charge in [0, 0.05) is 0 Å². The summed E-state index contributed by atoms with van der Waals surface area (Å²) < 4.78 is 4.93. The van der Waals surface area contributed by atoms with Crippen molar-refractivity contribution >= 4 is 11.5 Å². The van der Waals surface area contributed by atoms with Gasteiger partial charge in [0.15, 0.2) is 0 Å². The van der Waals surface area contributed by atoms with Crippen LogP contribution in [0.2, 0.25) is 0 Å². The second kappa shape index (κ2) is 8.22. The molecule has 37 heavy (non-hydrogen) atoms. The Morgan fingerprint density at radius 1 is 0.784 bits per heavy atom. The van der Waals surface area contributed by atoms with Gasteiger partial charge in [-0.15, -0.1) is 0 Å². The number of allylic oxidation sites excluding steroid dienone is 2. The molecular weight excluding hydrogens is 452 g/mol. The van der Waals surface area contributed by atoms with Crippen molar-refractivity contribution in [3.8, 4) is 0 Å². The highest BCUT2D eigenvalue weighted by molar-refractivity contribution is 5.89. The van der Waals surface area contributed by atoms with E-state index in [1.807, 2.05) is 12.1 Å². The van der Waals surface area contributed by atoms with Crippen LogP contribution in [-0.2, 0) is 4.74 Å². The molecule has 5 aliphatic carbocycles. The van der Waals surface area contributed by atoms with E-state index < -0.39 is 0 Å². The van der Waals surface area contributed by atoms with Crippen molar-refractivity contribution in [1.29, 1.82) is 0 Å². The average Bonchev–Trinajstić information content (AvgIpc) is 3.26. The SMILES string of the molecule is COC(=O)c1ccc(C2=CC[C@]3(C)[C@H]4CC[C@@H]5[C@H]6CCC[C@]6(C)CC[C@@]5(C)[C@]4(C)CC[C@H]3C2(C)C)cc1. The minimum Gasteiger partial charge on any atom is -0.465 e. The largest absolute Gasteiger partial charge is 0.465 e. The third kappa shape index (κ3) is 3.32. The molecule has 6 rings (SSSR count). The lowest BCUT2D eigenvalue weighted by molar-refractivity contribution is -0.221. The Labute approximate surface area is 226 Å². The van der Waals surface area contributed by atoms with Gasteiger partial charge in [-0.1, -0.05) is 66.2 Å². The molecule has 0 bridgehead atoms. The molecule has 2 heteroatoms. The molecule has 0 amide bonds. The van der Waals surface area contributed by atoms with Gasteiger partial charge < -0.3 is 4.74 Å². The van der Waals surface area contributed by atoms with Gasteiger partial charge in [0.25, 0.3) is 0 Å². The number of benzene rings is 1. The highest BCUT2D eigenvalue weighted by Crippen LogP contribution is 2.76. The lowest BCUT2D eigenvalue weighted by Crippen LogP contribution is -2.64. The lowest BCUT2D eigenvalue weighted by atomic mass is 9.33. The molecular formula is C35H50O2. The Bertz CT molecular complexity index is 1110. The van der Waals surface area contributed by atoms with Crippen LogP contribution in [0, 0.1) is 50.7 Å². The van der Waals surface area contributed by atoms with E-state index in [0.717, 1.165) is 17.8 Å². The molecule has 0 aliphatic heterocycles. The van der Waals surface area contributed by atoms with Gasteiger partial charge in [-0.25, -0.2) is 4.79 Å². The smallest absolute Gasteiger partial charge is 0.337 e. The van der Waals surface area contributed by atoms with Crippen molar-refractivity contribution in [2.45, 2.75) is 106 Å². The predicted octanol–water partition coefficient (Wildman–Crippen LogP) is 9.34. The van der Waals surface area contributed by atoms with E-state index in [1.165, 1.54) is 82.5 Å². The second-order valence-electron chi connectivity index (χ2n) is 15.4. The van der Waals surface area contributed by atoms with Gasteiger partial charge in [-0.05, 0) is 132 Å². The Kier molecular flexibility index (Phi) is 5.71. The number of hydrogen-bond donors (Lipinski definition) is 0. The molecule has 5 aliphatic rings. The van der Waals surface area contributed by atoms with Crippen molar-refractivity contribution < 1.29 is 9.53 Å². The quantitative estimate of drug-likeness (QED) is 0.377. The van der Waals surface area contributed by atoms with E-state index in [-0.39, 0.29) is 11.4 Å². The van der Waals surface area contributed by atoms with Crippen LogP contribution >= 0.6 is 0 Å². The normalized spacial score (nSPS) is 46.1. The lowest BCUT2D eigenvalue weighted by Gasteiger charge is -2.72. The number of ether oxygens (including phenoxy) is 1. The van der Waals surface area contributed by atoms with Crippen LogP contribution in [0.25, 0.3) is 5.57 Å². The van der Waals surface area contributed by atoms with Crippen molar-refractivity contribution in [2.24, 2.45) is 50.7 Å². The maximum absolute atomic E-state index is 12.0. The van der Waals surface area contributed by atoms with Crippen LogP contribution in [0.5, 0.6) is 0 Å². The maximum atomic E-state index is 12.0. The monoisotopic (exact) mass is 502 g/mol. The molecule has 0 heterocycles. The van der Waals surface area contributed by atoms with Crippen molar-refractivity contribution in [3.05, 3.63) is 41.5 Å². The Balaban J connectivity index is 1.34. The first-order valence-corrected chi connectivity index (χ1v) is 15.3. The number of methoxy groups -OCH3 is 1. The Hall–Kier alpha value is -1.57. The van der Waals surface area contributed by atoms with E-state index in [2.05, 4.69) is 59.8 Å². The minimum absolute atomic E-state index is 0.120. The maximum Gasteiger partial charge on any atom is 0.337 e. The number of fused-ring (bicyclic) bond motifs is 7. The van der Waals surface area contributed by atoms with Crippen LogP contribution in [0.4, 0.5) is 0 Å². The fourth-order valence-electron chi connectivity index (χ4n) is 11.9. The zero-order valence-electron chi connectivity index (χ0n) is 24.6. The number of carbonyl (C=O) groups excluding carboxylic acids is 1. The Morgan fingerprint density at radius 3 is 2.22 bits per heavy atom. The van der Waals surface area contributed by atoms with Gasteiger partial charge in [0.05, 0.1) is 12.7 Å². The molecule has 0 unspecified atom stereocenters. The third-order valence-electron chi connectivity index (χ3n) is 14.0. The molecule has 0 spiro atoms. The zero-order chi connectivity index (χ0) is 26.4. The summed E-state index contributed by atoms with van der Waals surface area (Å²) in [6, 6.07) is 8.15. The van der Waals surface area contributed by atoms with Crippen LogP contribution in [0.1, 0.15) is 122 Å². The molecule has 0 saturated heterocycles. The molecule has 4 saturated carbocycles. The van der Waals surface area contributed by atoms with Gasteiger partial charge in [0.1, 0.15) is 0 Å². The van der Waals surface area contributed by atoms with Crippen molar-refractivity contribution in [1.82, 2.24) is 0 Å². The molecule has 202 valence electrons. The highest BCUT2D eigenvalue weighted by atomic mass is 16.5. The van der Waals surface area contributed by atoms with E-state index in [9.17, 15) is 4.79 Å². The highest BCUT2D eigenvalue weighted by Gasteiger charge is 2.68. The van der Waals surface area contributed by atoms with Crippen LogP contribution in [0.15, 0.2) is 30.3 Å². The predicted molar refractivity (Wildman–Crippen MR) is 152 cm³/mol. The molecule has 0 N–H and O–H groups in total. The van der Waals surface area contributed by atoms with Crippen molar-refractivity contribution in [3.63, 3.8) is 0 Å². The molecule has 1 aromatic carbocycles. The fraction of sp³-hybridized carbons (Fsp3) is 0.743. The van der Waals surface area contributed by atoms with Gasteiger partial charge in [0.2, 0.25) is 0 Å². The summed E-state index contributed by atoms with van der Waals surface area (Å²) in [5.41, 5.74) is 5.44. The van der Waals surface area contributed by atoms with E-state index >= 15 is 0 Å². The summed E-state index contributed by atoms with van der Waals surface area (Å²) in [6.45, 7) is 15.8. The van der Waals surface area contributed by atoms with E-state index in [1.54, 1.807) is 0 Å². The van der Waals surface area contributed by atoms with Crippen LogP contribution in [-0.4, -0.2) is 13.1 Å². The molecule has 2 nitrogen and oxygen atoms in total. The first-order valence-electron chi connectivity index (χ1n) is 15.3. The number of hydrogen-bond acceptors (Lipinski definition) is 2. The van der Waals surface area contributed by atoms with Crippen molar-refractivity contribution in [2.75, 3.05) is 7.11 Å². The molecule has 8 atom stereocenters. The fourth-order valence-corrected chi connectivity index (χ4v) is 11.9. The summed E-state index contributed by atoms with van der Waals surface area (Å²) in [4.78, 5) is 12.0. The second-order valence-corrected chi connectivity index (χ2v) is 15.4. The molecule has 0 aromatic heterocycles. The topological polar surface area (TPSA) is 26.3 Å². The number of rotatable bonds is 2. The van der Waals surface area contributed by atoms with Crippen LogP contribution < -0.4 is 0 Å². The standard InChI is InChI=1S/C35H50O2/c1-31(2)25(23-10-12-24(13-11-23)30(36)37-7)16-19-33(4)28(31)17-20-35(6)29(33)15-14-27-26-9-8-18-32(26,3)21-22-34(27,35)5/h10-13,16,26-29H,8-9,14-15,17-22H2,1-7H3/t26-,27-,28+,29-,32-,33+,34-,35-/m1/s1. The summed E-state index contributed by atoms with van der Waals surface area (Å²) in [5, 5.41) is 0. The Morgan fingerprint density at radius 2 is 1.51 bits per heavy atom. The number of esters is 1. The van der Waals surface area contributed by atoms with E-state index in [4.69, 9.17) is 4.74 Å². The molecule has 1 aromatic rings. The minimum atomic E-state index is -0.257.